The van der Waals surface area contributed by atoms with Crippen molar-refractivity contribution in [2.75, 3.05) is 0 Å². The van der Waals surface area contributed by atoms with Crippen molar-refractivity contribution in [2.45, 2.75) is 46.5 Å². The van der Waals surface area contributed by atoms with Gasteiger partial charge in [0.1, 0.15) is 23.0 Å². The average molecular weight is 406 g/mol. The number of fused-ring (bicyclic) bond motifs is 1. The van der Waals surface area contributed by atoms with E-state index in [4.69, 9.17) is 14.4 Å². The molecule has 7 heteroatoms. The molecular weight excluding hydrogens is 384 g/mol. The van der Waals surface area contributed by atoms with E-state index < -0.39 is 17.2 Å². The van der Waals surface area contributed by atoms with Crippen molar-refractivity contribution in [3.8, 4) is 11.8 Å². The van der Waals surface area contributed by atoms with Gasteiger partial charge < -0.3 is 14.1 Å². The van der Waals surface area contributed by atoms with Gasteiger partial charge in [0.15, 0.2) is 0 Å². The van der Waals surface area contributed by atoms with E-state index in [-0.39, 0.29) is 17.7 Å². The Hall–Kier alpha value is -3.66. The lowest BCUT2D eigenvalue weighted by atomic mass is 9.99. The number of nitrogens with zero attached hydrogens (tertiary/aromatic N) is 1. The molecule has 1 aromatic carbocycles. The number of aromatic amines is 1. The van der Waals surface area contributed by atoms with E-state index in [1.807, 2.05) is 13.0 Å². The molecule has 0 saturated carbocycles. The van der Waals surface area contributed by atoms with Crippen LogP contribution >= 0.6 is 0 Å². The minimum absolute atomic E-state index is 0.0522. The molecule has 2 heterocycles. The lowest BCUT2D eigenvalue weighted by Gasteiger charge is -2.11. The van der Waals surface area contributed by atoms with Gasteiger partial charge in [0.2, 0.25) is 0 Å². The highest BCUT2D eigenvalue weighted by Crippen LogP contribution is 2.24. The first-order chi connectivity index (χ1) is 14.3. The van der Waals surface area contributed by atoms with Crippen LogP contribution in [0.4, 0.5) is 0 Å². The van der Waals surface area contributed by atoms with Gasteiger partial charge in [-0.3, -0.25) is 9.59 Å². The van der Waals surface area contributed by atoms with Crippen molar-refractivity contribution in [3.05, 3.63) is 73.0 Å². The molecule has 30 heavy (non-hydrogen) atoms. The number of H-pyrrole nitrogens is 1. The van der Waals surface area contributed by atoms with Crippen LogP contribution in [0.15, 0.2) is 38.3 Å². The van der Waals surface area contributed by atoms with E-state index in [1.54, 1.807) is 26.0 Å². The maximum Gasteiger partial charge on any atom is 0.336 e. The fourth-order valence-electron chi connectivity index (χ4n) is 3.58. The zero-order valence-corrected chi connectivity index (χ0v) is 17.1. The first kappa shape index (κ1) is 21.1. The molecular formula is C23H22N2O5. The highest BCUT2D eigenvalue weighted by Gasteiger charge is 2.15. The number of aromatic nitrogens is 1. The molecule has 7 nitrogen and oxygen atoms in total. The minimum Gasteiger partial charge on any atom is -0.426 e. The van der Waals surface area contributed by atoms with Gasteiger partial charge in [0.25, 0.3) is 5.56 Å². The summed E-state index contributed by atoms with van der Waals surface area (Å²) >= 11 is 0. The lowest BCUT2D eigenvalue weighted by Crippen LogP contribution is -2.18. The summed E-state index contributed by atoms with van der Waals surface area (Å²) in [6, 6.07) is 8.37. The number of hydrogen-bond donors (Lipinski definition) is 1. The van der Waals surface area contributed by atoms with Crippen LogP contribution in [0.25, 0.3) is 11.0 Å². The molecule has 0 aliphatic heterocycles. The van der Waals surface area contributed by atoms with Gasteiger partial charge in [0, 0.05) is 23.2 Å². The molecule has 0 aliphatic carbocycles. The van der Waals surface area contributed by atoms with E-state index in [0.717, 1.165) is 29.4 Å². The van der Waals surface area contributed by atoms with E-state index in [0.29, 0.717) is 23.3 Å². The minimum atomic E-state index is -0.468. The molecule has 0 spiro atoms. The van der Waals surface area contributed by atoms with Gasteiger partial charge in [0.05, 0.1) is 6.42 Å². The second-order valence-corrected chi connectivity index (χ2v) is 7.14. The third-order valence-electron chi connectivity index (χ3n) is 5.05. The Balaban J connectivity index is 1.77. The van der Waals surface area contributed by atoms with Gasteiger partial charge in [-0.15, -0.1) is 0 Å². The van der Waals surface area contributed by atoms with E-state index in [2.05, 4.69) is 4.98 Å². The molecule has 0 bridgehead atoms. The summed E-state index contributed by atoms with van der Waals surface area (Å²) in [5, 5.41) is 9.97. The molecule has 0 unspecified atom stereocenters. The van der Waals surface area contributed by atoms with E-state index in [1.165, 1.54) is 12.1 Å². The van der Waals surface area contributed by atoms with Crippen LogP contribution in [0.5, 0.6) is 5.75 Å². The normalized spacial score (nSPS) is 10.7. The third kappa shape index (κ3) is 4.33. The number of ether oxygens (including phenoxy) is 1. The fourth-order valence-corrected chi connectivity index (χ4v) is 3.58. The zero-order chi connectivity index (χ0) is 21.8. The number of hydrogen-bond acceptors (Lipinski definition) is 6. The van der Waals surface area contributed by atoms with Gasteiger partial charge in [-0.2, -0.15) is 5.26 Å². The summed E-state index contributed by atoms with van der Waals surface area (Å²) in [4.78, 5) is 38.6. The summed E-state index contributed by atoms with van der Waals surface area (Å²) in [7, 11) is 0. The molecule has 0 radical (unpaired) electrons. The summed E-state index contributed by atoms with van der Waals surface area (Å²) < 4.78 is 10.7. The average Bonchev–Trinajstić information content (AvgIpc) is 2.67. The number of pyridine rings is 1. The van der Waals surface area contributed by atoms with Crippen LogP contribution in [-0.4, -0.2) is 11.0 Å². The molecule has 0 aliphatic rings. The quantitative estimate of drug-likeness (QED) is 0.381. The van der Waals surface area contributed by atoms with Gasteiger partial charge in [-0.05, 0) is 55.5 Å². The predicted octanol–water partition coefficient (Wildman–Crippen LogP) is 3.46. The number of carbonyl (C=O) groups excluding carboxylic acids is 1. The molecule has 3 rings (SSSR count). The lowest BCUT2D eigenvalue weighted by molar-refractivity contribution is -0.134. The molecule has 0 saturated heterocycles. The SMILES string of the molecule is CCCc1cc(=O)oc2cc(OC(=O)CCc3c(C)[nH]c(=O)c(C#N)c3C)ccc12. The standard InChI is InChI=1S/C23H22N2O5/c1-4-5-15-10-22(27)30-20-11-16(6-7-18(15)20)29-21(26)9-8-17-13(2)19(12-24)23(28)25-14(17)3/h6-7,10-11H,4-5,8-9H2,1-3H3,(H,25,28). The Morgan fingerprint density at radius 3 is 2.67 bits per heavy atom. The van der Waals surface area contributed by atoms with Gasteiger partial charge >= 0.3 is 11.6 Å². The van der Waals surface area contributed by atoms with Crippen molar-refractivity contribution < 1.29 is 13.9 Å². The van der Waals surface area contributed by atoms with E-state index >= 15 is 0 Å². The number of rotatable bonds is 6. The highest BCUT2D eigenvalue weighted by atomic mass is 16.5. The molecule has 1 N–H and O–H groups in total. The second kappa shape index (κ2) is 8.78. The summed E-state index contributed by atoms with van der Waals surface area (Å²) in [6.45, 7) is 5.46. The predicted molar refractivity (Wildman–Crippen MR) is 112 cm³/mol. The Morgan fingerprint density at radius 2 is 1.97 bits per heavy atom. The molecule has 0 fully saturated rings. The fraction of sp³-hybridized carbons (Fsp3) is 0.304. The van der Waals surface area contributed by atoms with Gasteiger partial charge in [-0.25, -0.2) is 4.79 Å². The number of nitriles is 1. The summed E-state index contributed by atoms with van der Waals surface area (Å²) in [6.07, 6.45) is 2.04. The van der Waals surface area contributed by atoms with E-state index in [9.17, 15) is 14.4 Å². The maximum atomic E-state index is 12.4. The smallest absolute Gasteiger partial charge is 0.336 e. The van der Waals surface area contributed by atoms with Crippen molar-refractivity contribution in [1.29, 1.82) is 5.26 Å². The number of aryl methyl sites for hydroxylation is 2. The van der Waals surface area contributed by atoms with Crippen LogP contribution in [0.1, 0.15) is 47.7 Å². The Morgan fingerprint density at radius 1 is 1.20 bits per heavy atom. The van der Waals surface area contributed by atoms with Crippen molar-refractivity contribution in [1.82, 2.24) is 4.98 Å². The van der Waals surface area contributed by atoms with Crippen LogP contribution in [-0.2, 0) is 17.6 Å². The molecule has 154 valence electrons. The Bertz CT molecular complexity index is 1280. The molecule has 3 aromatic rings. The van der Waals surface area contributed by atoms with Crippen molar-refractivity contribution in [3.63, 3.8) is 0 Å². The topological polar surface area (TPSA) is 113 Å². The molecule has 0 atom stereocenters. The molecule has 2 aromatic heterocycles. The first-order valence-electron chi connectivity index (χ1n) is 9.74. The van der Waals surface area contributed by atoms with Crippen LogP contribution in [0.3, 0.4) is 0 Å². The summed E-state index contributed by atoms with van der Waals surface area (Å²) in [5.41, 5.74) is 2.41. The monoisotopic (exact) mass is 406 g/mol. The zero-order valence-electron chi connectivity index (χ0n) is 17.1. The van der Waals surface area contributed by atoms with Crippen LogP contribution < -0.4 is 15.9 Å². The first-order valence-corrected chi connectivity index (χ1v) is 9.74. The number of esters is 1. The van der Waals surface area contributed by atoms with Crippen LogP contribution in [0, 0.1) is 25.2 Å². The number of carbonyl (C=O) groups is 1. The maximum absolute atomic E-state index is 12.4. The highest BCUT2D eigenvalue weighted by molar-refractivity contribution is 5.82. The van der Waals surface area contributed by atoms with Gasteiger partial charge in [-0.1, -0.05) is 13.3 Å². The van der Waals surface area contributed by atoms with Crippen molar-refractivity contribution >= 4 is 16.9 Å². The second-order valence-electron chi connectivity index (χ2n) is 7.14. The third-order valence-corrected chi connectivity index (χ3v) is 5.05. The van der Waals surface area contributed by atoms with Crippen molar-refractivity contribution in [2.24, 2.45) is 0 Å². The summed E-state index contributed by atoms with van der Waals surface area (Å²) in [5.74, 6) is -0.179. The largest absolute Gasteiger partial charge is 0.426 e. The number of nitrogens with one attached hydrogen (secondary N) is 1. The Labute approximate surface area is 172 Å². The molecule has 0 amide bonds. The van der Waals surface area contributed by atoms with Crippen LogP contribution in [0.2, 0.25) is 0 Å². The number of benzene rings is 1. The Kier molecular flexibility index (Phi) is 6.17.